The Labute approximate surface area is 117 Å². The average molecular weight is 267 g/mol. The van der Waals surface area contributed by atoms with Crippen LogP contribution in [0.5, 0.6) is 0 Å². The number of nitrogens with zero attached hydrogens (tertiary/aromatic N) is 1. The molecule has 2 fully saturated rings. The molecule has 1 unspecified atom stereocenters. The van der Waals surface area contributed by atoms with E-state index < -0.39 is 0 Å². The number of hydrogen-bond acceptors (Lipinski definition) is 2. The van der Waals surface area contributed by atoms with Gasteiger partial charge in [0.25, 0.3) is 0 Å². The van der Waals surface area contributed by atoms with E-state index in [1.807, 2.05) is 4.90 Å². The van der Waals surface area contributed by atoms with Crippen LogP contribution in [0.1, 0.15) is 52.4 Å². The van der Waals surface area contributed by atoms with Gasteiger partial charge in [-0.25, -0.2) is 4.79 Å². The molecule has 110 valence electrons. The zero-order valence-corrected chi connectivity index (χ0v) is 12.5. The Kier molecular flexibility index (Phi) is 4.71. The molecular weight excluding hydrogens is 238 g/mol. The lowest BCUT2D eigenvalue weighted by Crippen LogP contribution is -2.59. The molecule has 2 aliphatic rings. The van der Waals surface area contributed by atoms with Gasteiger partial charge in [0, 0.05) is 19.6 Å². The molecule has 1 saturated carbocycles. The van der Waals surface area contributed by atoms with E-state index >= 15 is 0 Å². The van der Waals surface area contributed by atoms with E-state index in [4.69, 9.17) is 5.73 Å². The summed E-state index contributed by atoms with van der Waals surface area (Å²) in [7, 11) is 0. The van der Waals surface area contributed by atoms with Crippen LogP contribution in [0.2, 0.25) is 0 Å². The number of rotatable bonds is 2. The molecule has 0 spiro atoms. The van der Waals surface area contributed by atoms with Crippen molar-refractivity contribution in [1.82, 2.24) is 10.2 Å². The lowest BCUT2D eigenvalue weighted by Gasteiger charge is -2.41. The minimum absolute atomic E-state index is 0.103. The maximum Gasteiger partial charge on any atom is 0.317 e. The number of nitrogens with one attached hydrogen (secondary N) is 1. The van der Waals surface area contributed by atoms with Crippen molar-refractivity contribution < 1.29 is 4.79 Å². The first-order valence-corrected chi connectivity index (χ1v) is 7.82. The summed E-state index contributed by atoms with van der Waals surface area (Å²) in [5.41, 5.74) is 5.81. The van der Waals surface area contributed by atoms with Gasteiger partial charge in [-0.2, -0.15) is 0 Å². The average Bonchev–Trinajstić information content (AvgIpc) is 2.42. The van der Waals surface area contributed by atoms with E-state index in [9.17, 15) is 4.79 Å². The summed E-state index contributed by atoms with van der Waals surface area (Å²) in [4.78, 5) is 14.4. The first kappa shape index (κ1) is 14.6. The monoisotopic (exact) mass is 267 g/mol. The van der Waals surface area contributed by atoms with Crippen LogP contribution in [0, 0.1) is 11.8 Å². The van der Waals surface area contributed by atoms with Crippen LogP contribution in [-0.4, -0.2) is 36.1 Å². The molecule has 1 aliphatic carbocycles. The lowest BCUT2D eigenvalue weighted by atomic mass is 9.77. The number of nitrogens with two attached hydrogens (primary N) is 1. The molecule has 0 aromatic heterocycles. The summed E-state index contributed by atoms with van der Waals surface area (Å²) in [6.07, 6.45) is 6.77. The predicted molar refractivity (Wildman–Crippen MR) is 77.9 cm³/mol. The molecule has 2 rings (SSSR count). The van der Waals surface area contributed by atoms with Crippen molar-refractivity contribution in [3.63, 3.8) is 0 Å². The minimum Gasteiger partial charge on any atom is -0.331 e. The van der Waals surface area contributed by atoms with E-state index in [2.05, 4.69) is 19.2 Å². The molecule has 2 amide bonds. The van der Waals surface area contributed by atoms with Gasteiger partial charge in [0.1, 0.15) is 0 Å². The van der Waals surface area contributed by atoms with E-state index in [0.717, 1.165) is 38.3 Å². The van der Waals surface area contributed by atoms with Gasteiger partial charge in [-0.3, -0.25) is 0 Å². The second kappa shape index (κ2) is 6.12. The second-order valence-electron chi connectivity index (χ2n) is 6.79. The first-order valence-electron chi connectivity index (χ1n) is 7.82. The van der Waals surface area contributed by atoms with Crippen LogP contribution in [-0.2, 0) is 0 Å². The van der Waals surface area contributed by atoms with Crippen molar-refractivity contribution in [2.24, 2.45) is 17.6 Å². The summed E-state index contributed by atoms with van der Waals surface area (Å²) in [6, 6.07) is 0.103. The third kappa shape index (κ3) is 3.62. The smallest absolute Gasteiger partial charge is 0.317 e. The van der Waals surface area contributed by atoms with Gasteiger partial charge in [-0.05, 0) is 50.4 Å². The summed E-state index contributed by atoms with van der Waals surface area (Å²) < 4.78 is 0. The van der Waals surface area contributed by atoms with E-state index in [0.29, 0.717) is 12.5 Å². The van der Waals surface area contributed by atoms with Crippen LogP contribution in [0.3, 0.4) is 0 Å². The highest BCUT2D eigenvalue weighted by Crippen LogP contribution is 2.31. The third-order valence-electron chi connectivity index (χ3n) is 4.94. The first-order chi connectivity index (χ1) is 9.04. The maximum absolute atomic E-state index is 12.4. The van der Waals surface area contributed by atoms with Crippen molar-refractivity contribution in [3.8, 4) is 0 Å². The molecule has 3 N–H and O–H groups in total. The van der Waals surface area contributed by atoms with Gasteiger partial charge in [-0.15, -0.1) is 0 Å². The van der Waals surface area contributed by atoms with Crippen molar-refractivity contribution in [2.45, 2.75) is 57.9 Å². The highest BCUT2D eigenvalue weighted by molar-refractivity contribution is 5.75. The van der Waals surface area contributed by atoms with Crippen molar-refractivity contribution in [1.29, 1.82) is 0 Å². The Hall–Kier alpha value is -0.770. The zero-order chi connectivity index (χ0) is 13.9. The van der Waals surface area contributed by atoms with E-state index in [1.54, 1.807) is 0 Å². The molecular formula is C15H29N3O. The highest BCUT2D eigenvalue weighted by Gasteiger charge is 2.35. The largest absolute Gasteiger partial charge is 0.331 e. The third-order valence-corrected chi connectivity index (χ3v) is 4.94. The van der Waals surface area contributed by atoms with Crippen molar-refractivity contribution in [3.05, 3.63) is 0 Å². The Balaban J connectivity index is 1.92. The molecule has 0 aromatic rings. The predicted octanol–water partition coefficient (Wildman–Crippen LogP) is 2.34. The molecule has 0 bridgehead atoms. The fraction of sp³-hybridized carbons (Fsp3) is 0.933. The molecule has 0 aromatic carbocycles. The Bertz CT molecular complexity index is 311. The fourth-order valence-electron chi connectivity index (χ4n) is 3.37. The summed E-state index contributed by atoms with van der Waals surface area (Å²) in [6.45, 7) is 6.86. The van der Waals surface area contributed by atoms with Crippen LogP contribution in [0.25, 0.3) is 0 Å². The minimum atomic E-state index is -0.149. The van der Waals surface area contributed by atoms with Gasteiger partial charge in [0.2, 0.25) is 0 Å². The molecule has 0 radical (unpaired) electrons. The molecule has 1 saturated heterocycles. The number of carbonyl (C=O) groups is 1. The SMILES string of the molecule is CC1CCC(CN)(NC(=O)N2CCCC(C)C2)CC1. The van der Waals surface area contributed by atoms with Gasteiger partial charge < -0.3 is 16.0 Å². The summed E-state index contributed by atoms with van der Waals surface area (Å²) in [5.74, 6) is 1.39. The van der Waals surface area contributed by atoms with Gasteiger partial charge in [0.05, 0.1) is 5.54 Å². The number of piperidine rings is 1. The number of carbonyl (C=O) groups excluding carboxylic acids is 1. The Morgan fingerprint density at radius 2 is 1.95 bits per heavy atom. The standard InChI is InChI=1S/C15H29N3O/c1-12-5-7-15(11-16,8-6-12)17-14(19)18-9-3-4-13(2)10-18/h12-13H,3-11,16H2,1-2H3,(H,17,19). The van der Waals surface area contributed by atoms with Crippen LogP contribution < -0.4 is 11.1 Å². The van der Waals surface area contributed by atoms with Crippen LogP contribution in [0.4, 0.5) is 4.79 Å². The maximum atomic E-state index is 12.4. The van der Waals surface area contributed by atoms with Crippen molar-refractivity contribution in [2.75, 3.05) is 19.6 Å². The van der Waals surface area contributed by atoms with Gasteiger partial charge in [-0.1, -0.05) is 13.8 Å². The lowest BCUT2D eigenvalue weighted by molar-refractivity contribution is 0.142. The molecule has 4 nitrogen and oxygen atoms in total. The second-order valence-corrected chi connectivity index (χ2v) is 6.79. The normalized spacial score (nSPS) is 36.1. The van der Waals surface area contributed by atoms with Gasteiger partial charge in [0.15, 0.2) is 0 Å². The summed E-state index contributed by atoms with van der Waals surface area (Å²) in [5, 5.41) is 3.25. The van der Waals surface area contributed by atoms with E-state index in [-0.39, 0.29) is 11.6 Å². The molecule has 19 heavy (non-hydrogen) atoms. The number of likely N-dealkylation sites (tertiary alicyclic amines) is 1. The zero-order valence-electron chi connectivity index (χ0n) is 12.5. The van der Waals surface area contributed by atoms with Crippen molar-refractivity contribution >= 4 is 6.03 Å². The Morgan fingerprint density at radius 3 is 2.53 bits per heavy atom. The summed E-state index contributed by atoms with van der Waals surface area (Å²) >= 11 is 0. The molecule has 1 atom stereocenters. The molecule has 1 aliphatic heterocycles. The Morgan fingerprint density at radius 1 is 1.26 bits per heavy atom. The number of amides is 2. The highest BCUT2D eigenvalue weighted by atomic mass is 16.2. The topological polar surface area (TPSA) is 58.4 Å². The number of hydrogen-bond donors (Lipinski definition) is 2. The molecule has 4 heteroatoms. The van der Waals surface area contributed by atoms with Gasteiger partial charge >= 0.3 is 6.03 Å². The fourth-order valence-corrected chi connectivity index (χ4v) is 3.37. The molecule has 1 heterocycles. The number of urea groups is 1. The van der Waals surface area contributed by atoms with Crippen LogP contribution >= 0.6 is 0 Å². The quantitative estimate of drug-likeness (QED) is 0.807. The van der Waals surface area contributed by atoms with Crippen LogP contribution in [0.15, 0.2) is 0 Å². The van der Waals surface area contributed by atoms with E-state index in [1.165, 1.54) is 19.3 Å².